The van der Waals surface area contributed by atoms with Gasteiger partial charge in [0.15, 0.2) is 0 Å². The molecule has 0 bridgehead atoms. The number of carbonyl (C=O) groups excluding carboxylic acids is 2. The van der Waals surface area contributed by atoms with Crippen molar-refractivity contribution < 1.29 is 19.1 Å². The van der Waals surface area contributed by atoms with Crippen molar-refractivity contribution in [1.82, 2.24) is 16.0 Å². The van der Waals surface area contributed by atoms with Crippen molar-refractivity contribution in [2.24, 2.45) is 0 Å². The maximum atomic E-state index is 12.0. The fourth-order valence-corrected chi connectivity index (χ4v) is 2.56. The molecule has 3 N–H and O–H groups in total. The van der Waals surface area contributed by atoms with Gasteiger partial charge in [-0.3, -0.25) is 4.79 Å². The van der Waals surface area contributed by atoms with Crippen LogP contribution in [0.5, 0.6) is 11.5 Å². The first-order chi connectivity index (χ1) is 14.1. The number of methoxy groups -OCH3 is 1. The second kappa shape index (κ2) is 12.5. The summed E-state index contributed by atoms with van der Waals surface area (Å²) in [5, 5.41) is 8.89. The Bertz CT molecular complexity index is 784. The van der Waals surface area contributed by atoms with Crippen LogP contribution in [0, 0.1) is 0 Å². The quantitative estimate of drug-likeness (QED) is 0.488. The van der Waals surface area contributed by atoms with E-state index >= 15 is 0 Å². The average molecular weight is 420 g/mol. The third-order valence-corrected chi connectivity index (χ3v) is 4.22. The van der Waals surface area contributed by atoms with Crippen molar-refractivity contribution >= 4 is 23.5 Å². The molecule has 0 saturated carbocycles. The van der Waals surface area contributed by atoms with E-state index in [-0.39, 0.29) is 11.9 Å². The lowest BCUT2D eigenvalue weighted by atomic mass is 10.2. The van der Waals surface area contributed by atoms with E-state index in [0.29, 0.717) is 42.6 Å². The molecule has 0 radical (unpaired) electrons. The van der Waals surface area contributed by atoms with Crippen LogP contribution in [0.25, 0.3) is 0 Å². The number of benzene rings is 2. The van der Waals surface area contributed by atoms with Gasteiger partial charge in [0, 0.05) is 30.2 Å². The summed E-state index contributed by atoms with van der Waals surface area (Å²) in [6, 6.07) is 13.8. The van der Waals surface area contributed by atoms with Crippen LogP contribution in [0.1, 0.15) is 23.2 Å². The molecule has 29 heavy (non-hydrogen) atoms. The van der Waals surface area contributed by atoms with Gasteiger partial charge in [0.05, 0.1) is 13.7 Å². The van der Waals surface area contributed by atoms with Crippen LogP contribution in [0.15, 0.2) is 48.5 Å². The highest BCUT2D eigenvalue weighted by Gasteiger charge is 2.06. The van der Waals surface area contributed by atoms with Crippen LogP contribution >= 0.6 is 11.6 Å². The van der Waals surface area contributed by atoms with Gasteiger partial charge in [0.25, 0.3) is 5.91 Å². The van der Waals surface area contributed by atoms with Crippen LogP contribution in [0.2, 0.25) is 5.02 Å². The highest BCUT2D eigenvalue weighted by atomic mass is 35.5. The molecule has 0 spiro atoms. The molecule has 0 saturated heterocycles. The first-order valence-corrected chi connectivity index (χ1v) is 9.78. The molecule has 0 unspecified atom stereocenters. The molecular weight excluding hydrogens is 394 g/mol. The van der Waals surface area contributed by atoms with Gasteiger partial charge in [0.2, 0.25) is 0 Å². The second-order valence-corrected chi connectivity index (χ2v) is 6.62. The summed E-state index contributed by atoms with van der Waals surface area (Å²) in [5.41, 5.74) is 0.509. The SMILES string of the molecule is COc1cccc(C(=O)NCCNC(=O)NCCCCOc2ccc(Cl)cc2)c1. The predicted octanol–water partition coefficient (Wildman–Crippen LogP) is 3.24. The molecule has 0 atom stereocenters. The van der Waals surface area contributed by atoms with Crippen molar-refractivity contribution in [3.05, 3.63) is 59.1 Å². The fourth-order valence-electron chi connectivity index (χ4n) is 2.43. The van der Waals surface area contributed by atoms with E-state index < -0.39 is 0 Å². The third-order valence-electron chi connectivity index (χ3n) is 3.97. The van der Waals surface area contributed by atoms with Gasteiger partial charge >= 0.3 is 6.03 Å². The number of amides is 3. The number of nitrogens with one attached hydrogen (secondary N) is 3. The molecule has 2 aromatic carbocycles. The summed E-state index contributed by atoms with van der Waals surface area (Å²) in [6.45, 7) is 1.78. The van der Waals surface area contributed by atoms with Gasteiger partial charge in [-0.15, -0.1) is 0 Å². The molecule has 156 valence electrons. The number of carbonyl (C=O) groups is 2. The first-order valence-electron chi connectivity index (χ1n) is 9.41. The smallest absolute Gasteiger partial charge is 0.314 e. The van der Waals surface area contributed by atoms with Crippen LogP contribution in [0.3, 0.4) is 0 Å². The number of hydrogen-bond donors (Lipinski definition) is 3. The lowest BCUT2D eigenvalue weighted by Crippen LogP contribution is -2.40. The maximum Gasteiger partial charge on any atom is 0.314 e. The van der Waals surface area contributed by atoms with E-state index in [1.165, 1.54) is 0 Å². The van der Waals surface area contributed by atoms with Gasteiger partial charge in [0.1, 0.15) is 11.5 Å². The van der Waals surface area contributed by atoms with Crippen LogP contribution in [0.4, 0.5) is 4.79 Å². The van der Waals surface area contributed by atoms with Gasteiger partial charge in [-0.1, -0.05) is 17.7 Å². The zero-order valence-electron chi connectivity index (χ0n) is 16.4. The number of urea groups is 1. The van der Waals surface area contributed by atoms with Gasteiger partial charge < -0.3 is 25.4 Å². The van der Waals surface area contributed by atoms with Crippen molar-refractivity contribution in [2.75, 3.05) is 33.4 Å². The van der Waals surface area contributed by atoms with E-state index in [4.69, 9.17) is 21.1 Å². The standard InChI is InChI=1S/C21H26ClN3O4/c1-28-19-6-4-5-16(15-19)20(26)23-12-13-25-21(27)24-11-2-3-14-29-18-9-7-17(22)8-10-18/h4-10,15H,2-3,11-14H2,1H3,(H,23,26)(H2,24,25,27). The molecule has 0 fully saturated rings. The Morgan fingerprint density at radius 3 is 2.38 bits per heavy atom. The third kappa shape index (κ3) is 8.74. The van der Waals surface area contributed by atoms with Crippen molar-refractivity contribution in [3.63, 3.8) is 0 Å². The Morgan fingerprint density at radius 2 is 1.62 bits per heavy atom. The molecule has 7 nitrogen and oxygen atoms in total. The summed E-state index contributed by atoms with van der Waals surface area (Å²) < 4.78 is 10.7. The molecule has 2 aromatic rings. The zero-order chi connectivity index (χ0) is 20.9. The van der Waals surface area contributed by atoms with E-state index in [0.717, 1.165) is 18.6 Å². The average Bonchev–Trinajstić information content (AvgIpc) is 2.74. The molecule has 0 heterocycles. The number of hydrogen-bond acceptors (Lipinski definition) is 4. The van der Waals surface area contributed by atoms with Gasteiger partial charge in [-0.2, -0.15) is 0 Å². The summed E-state index contributed by atoms with van der Waals surface area (Å²) in [5.74, 6) is 1.18. The Balaban J connectivity index is 1.49. The van der Waals surface area contributed by atoms with Crippen LogP contribution in [-0.4, -0.2) is 45.3 Å². The molecule has 3 amide bonds. The molecule has 0 aliphatic carbocycles. The minimum absolute atomic E-state index is 0.216. The summed E-state index contributed by atoms with van der Waals surface area (Å²) in [7, 11) is 1.55. The Hall–Kier alpha value is -2.93. The van der Waals surface area contributed by atoms with Crippen molar-refractivity contribution in [2.45, 2.75) is 12.8 Å². The van der Waals surface area contributed by atoms with E-state index in [1.54, 1.807) is 43.5 Å². The number of halogens is 1. The summed E-state index contributed by atoms with van der Waals surface area (Å²) >= 11 is 5.82. The number of unbranched alkanes of at least 4 members (excludes halogenated alkanes) is 1. The van der Waals surface area contributed by atoms with Crippen molar-refractivity contribution in [3.8, 4) is 11.5 Å². The second-order valence-electron chi connectivity index (χ2n) is 6.18. The largest absolute Gasteiger partial charge is 0.497 e. The minimum Gasteiger partial charge on any atom is -0.497 e. The maximum absolute atomic E-state index is 12.0. The highest BCUT2D eigenvalue weighted by molar-refractivity contribution is 6.30. The number of ether oxygens (including phenoxy) is 2. The highest BCUT2D eigenvalue weighted by Crippen LogP contribution is 2.15. The molecule has 0 aliphatic rings. The summed E-state index contributed by atoms with van der Waals surface area (Å²) in [4.78, 5) is 23.8. The van der Waals surface area contributed by atoms with Crippen molar-refractivity contribution in [1.29, 1.82) is 0 Å². The minimum atomic E-state index is -0.265. The molecule has 8 heteroatoms. The van der Waals surface area contributed by atoms with E-state index in [1.807, 2.05) is 12.1 Å². The van der Waals surface area contributed by atoms with Gasteiger partial charge in [-0.25, -0.2) is 4.79 Å². The van der Waals surface area contributed by atoms with Crippen LogP contribution < -0.4 is 25.4 Å². The molecule has 2 rings (SSSR count). The molecule has 0 aromatic heterocycles. The normalized spacial score (nSPS) is 10.1. The summed E-state index contributed by atoms with van der Waals surface area (Å²) in [6.07, 6.45) is 1.62. The topological polar surface area (TPSA) is 88.7 Å². The van der Waals surface area contributed by atoms with Gasteiger partial charge in [-0.05, 0) is 55.3 Å². The Kier molecular flexibility index (Phi) is 9.65. The zero-order valence-corrected chi connectivity index (χ0v) is 17.1. The Labute approximate surface area is 175 Å². The lowest BCUT2D eigenvalue weighted by Gasteiger charge is -2.09. The predicted molar refractivity (Wildman–Crippen MR) is 113 cm³/mol. The molecular formula is C21H26ClN3O4. The Morgan fingerprint density at radius 1 is 0.897 bits per heavy atom. The molecule has 0 aliphatic heterocycles. The van der Waals surface area contributed by atoms with E-state index in [9.17, 15) is 9.59 Å². The van der Waals surface area contributed by atoms with E-state index in [2.05, 4.69) is 16.0 Å². The monoisotopic (exact) mass is 419 g/mol. The first kappa shape index (κ1) is 22.4. The van der Waals surface area contributed by atoms with Crippen LogP contribution in [-0.2, 0) is 0 Å². The fraction of sp³-hybridized carbons (Fsp3) is 0.333. The number of rotatable bonds is 11. The lowest BCUT2D eigenvalue weighted by molar-refractivity contribution is 0.0953.